The monoisotopic (exact) mass is 324 g/mol. The summed E-state index contributed by atoms with van der Waals surface area (Å²) in [6, 6.07) is 4.43. The molecule has 0 radical (unpaired) electrons. The number of primary amides is 1. The molecular weight excluding hydrogens is 311 g/mol. The Bertz CT molecular complexity index is 686. The Morgan fingerprint density at radius 3 is 3.05 bits per heavy atom. The van der Waals surface area contributed by atoms with E-state index in [1.54, 1.807) is 12.1 Å². The molecule has 1 unspecified atom stereocenters. The predicted molar refractivity (Wildman–Crippen MR) is 76.6 cm³/mol. The molecule has 2 aromatic rings. The normalized spacial score (nSPS) is 18.7. The number of halogens is 2. The Kier molecular flexibility index (Phi) is 4.08. The van der Waals surface area contributed by atoms with Gasteiger partial charge >= 0.3 is 0 Å². The number of aromatic nitrogens is 2. The van der Waals surface area contributed by atoms with Crippen LogP contribution in [0.1, 0.15) is 41.0 Å². The average molecular weight is 325 g/mol. The van der Waals surface area contributed by atoms with E-state index in [4.69, 9.17) is 21.9 Å². The third-order valence-electron chi connectivity index (χ3n) is 3.73. The highest BCUT2D eigenvalue weighted by Gasteiger charge is 2.32. The van der Waals surface area contributed by atoms with Crippen LogP contribution in [0.5, 0.6) is 0 Å². The molecule has 1 aliphatic rings. The number of nitrogens with two attached hydrogens (primary N) is 1. The third-order valence-corrected chi connectivity index (χ3v) is 4.09. The quantitative estimate of drug-likeness (QED) is 0.932. The zero-order chi connectivity index (χ0) is 15.7. The minimum Gasteiger partial charge on any atom is -0.363 e. The van der Waals surface area contributed by atoms with Crippen LogP contribution >= 0.6 is 11.6 Å². The lowest BCUT2D eigenvalue weighted by molar-refractivity contribution is 0.0987. The summed E-state index contributed by atoms with van der Waals surface area (Å²) >= 11 is 6.07. The fourth-order valence-electron chi connectivity index (χ4n) is 2.65. The van der Waals surface area contributed by atoms with Crippen LogP contribution in [-0.2, 0) is 6.54 Å². The SMILES string of the molecule is NC(=O)c1noc(C2CCCN2Cc2c(F)cccc2Cl)n1. The van der Waals surface area contributed by atoms with Crippen molar-refractivity contribution in [1.29, 1.82) is 0 Å². The molecule has 6 nitrogen and oxygen atoms in total. The first-order valence-electron chi connectivity index (χ1n) is 6.86. The van der Waals surface area contributed by atoms with Gasteiger partial charge in [-0.05, 0) is 31.5 Å². The number of nitrogens with zero attached hydrogens (tertiary/aromatic N) is 3. The fourth-order valence-corrected chi connectivity index (χ4v) is 2.87. The zero-order valence-electron chi connectivity index (χ0n) is 11.6. The number of benzene rings is 1. The summed E-state index contributed by atoms with van der Waals surface area (Å²) in [5, 5.41) is 3.93. The Morgan fingerprint density at radius 2 is 2.36 bits per heavy atom. The number of carbonyl (C=O) groups is 1. The number of hydrogen-bond acceptors (Lipinski definition) is 5. The van der Waals surface area contributed by atoms with E-state index in [2.05, 4.69) is 10.1 Å². The molecular formula is C14H14ClFN4O2. The van der Waals surface area contributed by atoms with Crippen molar-refractivity contribution in [2.45, 2.75) is 25.4 Å². The molecule has 22 heavy (non-hydrogen) atoms. The smallest absolute Gasteiger partial charge is 0.290 e. The second-order valence-corrected chi connectivity index (χ2v) is 5.56. The van der Waals surface area contributed by atoms with Gasteiger partial charge in [-0.3, -0.25) is 9.69 Å². The molecule has 1 amide bonds. The molecule has 2 heterocycles. The van der Waals surface area contributed by atoms with Crippen LogP contribution in [0, 0.1) is 5.82 Å². The Labute approximate surface area is 131 Å². The molecule has 116 valence electrons. The van der Waals surface area contributed by atoms with Gasteiger partial charge in [-0.1, -0.05) is 22.8 Å². The highest BCUT2D eigenvalue weighted by atomic mass is 35.5. The highest BCUT2D eigenvalue weighted by Crippen LogP contribution is 2.33. The number of hydrogen-bond donors (Lipinski definition) is 1. The highest BCUT2D eigenvalue weighted by molar-refractivity contribution is 6.31. The van der Waals surface area contributed by atoms with E-state index < -0.39 is 5.91 Å². The largest absolute Gasteiger partial charge is 0.363 e. The van der Waals surface area contributed by atoms with Gasteiger partial charge in [0.25, 0.3) is 11.7 Å². The van der Waals surface area contributed by atoms with Gasteiger partial charge in [0.1, 0.15) is 5.82 Å². The van der Waals surface area contributed by atoms with E-state index in [0.717, 1.165) is 19.4 Å². The first-order chi connectivity index (χ1) is 10.6. The van der Waals surface area contributed by atoms with Gasteiger partial charge in [0, 0.05) is 17.1 Å². The van der Waals surface area contributed by atoms with Crippen molar-refractivity contribution in [3.8, 4) is 0 Å². The number of likely N-dealkylation sites (tertiary alicyclic amines) is 1. The molecule has 1 aromatic carbocycles. The molecule has 1 aliphatic heterocycles. The van der Waals surface area contributed by atoms with Crippen molar-refractivity contribution in [2.24, 2.45) is 5.73 Å². The van der Waals surface area contributed by atoms with Crippen molar-refractivity contribution in [3.05, 3.63) is 46.3 Å². The van der Waals surface area contributed by atoms with E-state index in [1.165, 1.54) is 6.07 Å². The second kappa shape index (κ2) is 6.02. The first-order valence-corrected chi connectivity index (χ1v) is 7.24. The molecule has 0 bridgehead atoms. The molecule has 2 N–H and O–H groups in total. The lowest BCUT2D eigenvalue weighted by Crippen LogP contribution is -2.24. The lowest BCUT2D eigenvalue weighted by atomic mass is 10.1. The molecule has 0 saturated carbocycles. The topological polar surface area (TPSA) is 85.2 Å². The van der Waals surface area contributed by atoms with E-state index in [1.807, 2.05) is 4.90 Å². The van der Waals surface area contributed by atoms with E-state index in [-0.39, 0.29) is 17.7 Å². The van der Waals surface area contributed by atoms with E-state index >= 15 is 0 Å². The van der Waals surface area contributed by atoms with Crippen LogP contribution < -0.4 is 5.73 Å². The molecule has 1 atom stereocenters. The van der Waals surface area contributed by atoms with Gasteiger partial charge in [0.05, 0.1) is 6.04 Å². The maximum atomic E-state index is 13.9. The molecule has 1 fully saturated rings. The zero-order valence-corrected chi connectivity index (χ0v) is 12.4. The summed E-state index contributed by atoms with van der Waals surface area (Å²) in [7, 11) is 0. The van der Waals surface area contributed by atoms with Gasteiger partial charge in [0.2, 0.25) is 5.89 Å². The van der Waals surface area contributed by atoms with Gasteiger partial charge in [-0.15, -0.1) is 0 Å². The van der Waals surface area contributed by atoms with Crippen molar-refractivity contribution in [3.63, 3.8) is 0 Å². The molecule has 3 rings (SSSR count). The summed E-state index contributed by atoms with van der Waals surface area (Å²) in [4.78, 5) is 17.1. The summed E-state index contributed by atoms with van der Waals surface area (Å²) in [6.45, 7) is 1.09. The van der Waals surface area contributed by atoms with Crippen LogP contribution in [0.2, 0.25) is 5.02 Å². The molecule has 1 aromatic heterocycles. The fraction of sp³-hybridized carbons (Fsp3) is 0.357. The maximum Gasteiger partial charge on any atom is 0.290 e. The van der Waals surface area contributed by atoms with Crippen molar-refractivity contribution in [2.75, 3.05) is 6.54 Å². The number of amides is 1. The van der Waals surface area contributed by atoms with Crippen LogP contribution in [0.15, 0.2) is 22.7 Å². The van der Waals surface area contributed by atoms with Crippen molar-refractivity contribution >= 4 is 17.5 Å². The number of carbonyl (C=O) groups excluding carboxylic acids is 1. The minimum atomic E-state index is -0.739. The van der Waals surface area contributed by atoms with Crippen LogP contribution in [-0.4, -0.2) is 27.5 Å². The second-order valence-electron chi connectivity index (χ2n) is 5.15. The molecule has 0 aliphatic carbocycles. The van der Waals surface area contributed by atoms with Crippen molar-refractivity contribution in [1.82, 2.24) is 15.0 Å². The van der Waals surface area contributed by atoms with E-state index in [9.17, 15) is 9.18 Å². The Hall–Kier alpha value is -1.99. The van der Waals surface area contributed by atoms with Crippen molar-refractivity contribution < 1.29 is 13.7 Å². The third kappa shape index (κ3) is 2.82. The van der Waals surface area contributed by atoms with Gasteiger partial charge in [0.15, 0.2) is 0 Å². The molecule has 0 spiro atoms. The standard InChI is InChI=1S/C14H14ClFN4O2/c15-9-3-1-4-10(16)8(9)7-20-6-2-5-11(20)14-18-13(12(17)21)19-22-14/h1,3-4,11H,2,5-7H2,(H2,17,21). The summed E-state index contributed by atoms with van der Waals surface area (Å²) in [5.41, 5.74) is 5.55. The summed E-state index contributed by atoms with van der Waals surface area (Å²) in [5.74, 6) is -0.914. The van der Waals surface area contributed by atoms with Gasteiger partial charge in [-0.2, -0.15) is 4.98 Å². The lowest BCUT2D eigenvalue weighted by Gasteiger charge is -2.22. The molecule has 1 saturated heterocycles. The minimum absolute atomic E-state index is 0.147. The van der Waals surface area contributed by atoms with Gasteiger partial charge in [-0.25, -0.2) is 4.39 Å². The first kappa shape index (κ1) is 14.9. The predicted octanol–water partition coefficient (Wildman–Crippen LogP) is 2.30. The molecule has 8 heteroatoms. The summed E-state index contributed by atoms with van der Waals surface area (Å²) in [6.07, 6.45) is 1.69. The van der Waals surface area contributed by atoms with Gasteiger partial charge < -0.3 is 10.3 Å². The Morgan fingerprint density at radius 1 is 1.55 bits per heavy atom. The summed E-state index contributed by atoms with van der Waals surface area (Å²) < 4.78 is 19.0. The Balaban J connectivity index is 1.82. The van der Waals surface area contributed by atoms with Crippen LogP contribution in [0.3, 0.4) is 0 Å². The van der Waals surface area contributed by atoms with Crippen LogP contribution in [0.25, 0.3) is 0 Å². The maximum absolute atomic E-state index is 13.9. The average Bonchev–Trinajstić information content (AvgIpc) is 3.11. The van der Waals surface area contributed by atoms with E-state index in [0.29, 0.717) is 23.0 Å². The van der Waals surface area contributed by atoms with Crippen LogP contribution in [0.4, 0.5) is 4.39 Å². The number of rotatable bonds is 4.